The summed E-state index contributed by atoms with van der Waals surface area (Å²) in [5.41, 5.74) is 2.81. The second-order valence-corrected chi connectivity index (χ2v) is 12.3. The Morgan fingerprint density at radius 1 is 1.12 bits per heavy atom. The average molecular weight is 612 g/mol. The number of hydrogen-bond donors (Lipinski definition) is 1. The van der Waals surface area contributed by atoms with E-state index in [2.05, 4.69) is 15.2 Å². The molecule has 1 fully saturated rings. The third kappa shape index (κ3) is 4.96. The van der Waals surface area contributed by atoms with Crippen LogP contribution in [0.4, 0.5) is 5.13 Å². The number of nitrogens with zero attached hydrogens (tertiary/aromatic N) is 4. The van der Waals surface area contributed by atoms with Crippen LogP contribution in [-0.4, -0.2) is 38.1 Å². The number of carbonyl (C=O) groups is 2. The molecule has 2 unspecified atom stereocenters. The fourth-order valence-electron chi connectivity index (χ4n) is 4.75. The van der Waals surface area contributed by atoms with E-state index in [9.17, 15) is 14.7 Å². The number of benzene rings is 2. The molecule has 1 N–H and O–H groups in total. The number of hydrogen-bond acceptors (Lipinski definition) is 9. The Labute approximate surface area is 247 Å². The van der Waals surface area contributed by atoms with Crippen LogP contribution < -0.4 is 9.64 Å². The van der Waals surface area contributed by atoms with E-state index in [1.807, 2.05) is 13.0 Å². The molecule has 4 aromatic rings. The molecule has 0 spiro atoms. The van der Waals surface area contributed by atoms with Crippen LogP contribution in [0.25, 0.3) is 5.76 Å². The van der Waals surface area contributed by atoms with Gasteiger partial charge in [-0.15, -0.1) is 10.2 Å². The first-order chi connectivity index (χ1) is 19.3. The van der Waals surface area contributed by atoms with Crippen molar-refractivity contribution in [3.63, 3.8) is 0 Å². The molecule has 2 aliphatic rings. The smallest absolute Gasteiger partial charge is 0.301 e. The first kappa shape index (κ1) is 26.8. The summed E-state index contributed by atoms with van der Waals surface area (Å²) < 4.78 is 6.36. The highest BCUT2D eigenvalue weighted by atomic mass is 35.5. The standard InChI is InChI=1S/C28H20Cl2N4O4S2/c1-14-10-18-11-16(3-5-21(18)38-14)24(35)22-23(15-6-8-31-9-7-15)34(26(37)25(22)36)27-32-33-28(40-27)39-13-17-2-4-19(29)12-20(17)30/h2-9,11-12,14,23,35H,10,13H2,1H3/b24-22+. The third-order valence-electron chi connectivity index (χ3n) is 6.60. The minimum atomic E-state index is -0.914. The van der Waals surface area contributed by atoms with Crippen LogP contribution in [0.3, 0.4) is 0 Å². The number of halogens is 2. The van der Waals surface area contributed by atoms with Crippen molar-refractivity contribution in [2.45, 2.75) is 35.6 Å². The number of fused-ring (bicyclic) bond motifs is 1. The molecule has 2 aliphatic heterocycles. The highest BCUT2D eigenvalue weighted by molar-refractivity contribution is 8.00. The number of ether oxygens (including phenoxy) is 1. The normalized spacial score (nSPS) is 19.6. The number of aliphatic hydroxyl groups excluding tert-OH is 1. The summed E-state index contributed by atoms with van der Waals surface area (Å²) in [6.45, 7) is 1.97. The lowest BCUT2D eigenvalue weighted by molar-refractivity contribution is -0.132. The zero-order valence-electron chi connectivity index (χ0n) is 20.9. The van der Waals surface area contributed by atoms with Crippen LogP contribution in [0, 0.1) is 0 Å². The number of ketones is 1. The Kier molecular flexibility index (Phi) is 7.26. The molecule has 2 aromatic heterocycles. The first-order valence-electron chi connectivity index (χ1n) is 12.2. The quantitative estimate of drug-likeness (QED) is 0.0869. The van der Waals surface area contributed by atoms with Gasteiger partial charge in [-0.2, -0.15) is 0 Å². The van der Waals surface area contributed by atoms with Crippen molar-refractivity contribution in [1.82, 2.24) is 15.2 Å². The van der Waals surface area contributed by atoms with Crippen molar-refractivity contribution >= 4 is 68.9 Å². The van der Waals surface area contributed by atoms with Crippen molar-refractivity contribution in [2.75, 3.05) is 4.90 Å². The lowest BCUT2D eigenvalue weighted by Gasteiger charge is -2.22. The van der Waals surface area contributed by atoms with Gasteiger partial charge in [0, 0.05) is 40.2 Å². The van der Waals surface area contributed by atoms with Crippen LogP contribution >= 0.6 is 46.3 Å². The lowest BCUT2D eigenvalue weighted by Crippen LogP contribution is -2.29. The monoisotopic (exact) mass is 610 g/mol. The van der Waals surface area contributed by atoms with E-state index in [4.69, 9.17) is 27.9 Å². The number of rotatable bonds is 6. The summed E-state index contributed by atoms with van der Waals surface area (Å²) >= 11 is 14.9. The SMILES string of the molecule is CC1Cc2cc(/C(O)=C3\C(=O)C(=O)N(c4nnc(SCc5ccc(Cl)cc5Cl)s4)C3c3ccncc3)ccc2O1. The molecule has 0 aliphatic carbocycles. The molecule has 0 bridgehead atoms. The van der Waals surface area contributed by atoms with E-state index >= 15 is 0 Å². The van der Waals surface area contributed by atoms with E-state index in [1.54, 1.807) is 54.9 Å². The summed E-state index contributed by atoms with van der Waals surface area (Å²) in [5.74, 6) is -0.607. The minimum absolute atomic E-state index is 0.0231. The van der Waals surface area contributed by atoms with Gasteiger partial charge in [0.05, 0.1) is 11.6 Å². The first-order valence-corrected chi connectivity index (χ1v) is 14.8. The fraction of sp³-hybridized carbons (Fsp3) is 0.179. The number of carbonyl (C=O) groups excluding carboxylic acids is 2. The van der Waals surface area contributed by atoms with Gasteiger partial charge in [0.25, 0.3) is 5.78 Å². The summed E-state index contributed by atoms with van der Waals surface area (Å²) in [6, 6.07) is 13.0. The van der Waals surface area contributed by atoms with Crippen molar-refractivity contribution < 1.29 is 19.4 Å². The summed E-state index contributed by atoms with van der Waals surface area (Å²) in [4.78, 5) is 32.2. The Bertz CT molecular complexity index is 1680. The van der Waals surface area contributed by atoms with Crippen LogP contribution in [0.1, 0.15) is 35.2 Å². The number of aromatic nitrogens is 3. The molecule has 1 saturated heterocycles. The van der Waals surface area contributed by atoms with Crippen molar-refractivity contribution in [3.8, 4) is 5.75 Å². The molecule has 40 heavy (non-hydrogen) atoms. The van der Waals surface area contributed by atoms with Crippen LogP contribution in [0.2, 0.25) is 10.0 Å². The molecule has 12 heteroatoms. The average Bonchev–Trinajstić information content (AvgIpc) is 3.63. The van der Waals surface area contributed by atoms with E-state index in [0.717, 1.165) is 16.9 Å². The maximum Gasteiger partial charge on any atom is 0.301 e. The van der Waals surface area contributed by atoms with Gasteiger partial charge in [-0.25, -0.2) is 0 Å². The molecule has 8 nitrogen and oxygen atoms in total. The van der Waals surface area contributed by atoms with Gasteiger partial charge >= 0.3 is 5.91 Å². The molecule has 4 heterocycles. The summed E-state index contributed by atoms with van der Waals surface area (Å²) in [6.07, 6.45) is 3.85. The van der Waals surface area contributed by atoms with E-state index in [-0.39, 0.29) is 22.6 Å². The predicted octanol–water partition coefficient (Wildman–Crippen LogP) is 6.48. The molecule has 0 radical (unpaired) electrons. The van der Waals surface area contributed by atoms with E-state index in [0.29, 0.717) is 37.7 Å². The van der Waals surface area contributed by atoms with Crippen LogP contribution in [0.15, 0.2) is 70.8 Å². The molecule has 2 aromatic carbocycles. The van der Waals surface area contributed by atoms with Gasteiger partial charge in [-0.3, -0.25) is 19.5 Å². The zero-order chi connectivity index (χ0) is 28.0. The molecule has 6 rings (SSSR count). The highest BCUT2D eigenvalue weighted by Crippen LogP contribution is 2.44. The van der Waals surface area contributed by atoms with Gasteiger partial charge in [-0.1, -0.05) is 52.4 Å². The van der Waals surface area contributed by atoms with Crippen LogP contribution in [0.5, 0.6) is 5.75 Å². The van der Waals surface area contributed by atoms with Crippen molar-refractivity contribution in [2.24, 2.45) is 0 Å². The second kappa shape index (κ2) is 10.9. The second-order valence-electron chi connectivity index (χ2n) is 9.28. The maximum atomic E-state index is 13.4. The number of aliphatic hydroxyl groups is 1. The zero-order valence-corrected chi connectivity index (χ0v) is 24.0. The third-order valence-corrected chi connectivity index (χ3v) is 9.30. The molecular formula is C28H20Cl2N4O4S2. The molecule has 1 amide bonds. The number of amides is 1. The number of pyridine rings is 1. The highest BCUT2D eigenvalue weighted by Gasteiger charge is 2.48. The van der Waals surface area contributed by atoms with Gasteiger partial charge in [0.1, 0.15) is 17.6 Å². The Hall–Kier alpha value is -3.44. The van der Waals surface area contributed by atoms with E-state index < -0.39 is 17.7 Å². The van der Waals surface area contributed by atoms with Gasteiger partial charge in [0.15, 0.2) is 4.34 Å². The number of Topliss-reactive ketones (excluding diaryl/α,β-unsaturated/α-hetero) is 1. The minimum Gasteiger partial charge on any atom is -0.507 e. The van der Waals surface area contributed by atoms with Gasteiger partial charge in [0.2, 0.25) is 5.13 Å². The summed E-state index contributed by atoms with van der Waals surface area (Å²) in [7, 11) is 0. The Morgan fingerprint density at radius 2 is 1.93 bits per heavy atom. The molecular weight excluding hydrogens is 591 g/mol. The van der Waals surface area contributed by atoms with E-state index in [1.165, 1.54) is 28.0 Å². The molecule has 2 atom stereocenters. The van der Waals surface area contributed by atoms with Gasteiger partial charge in [-0.05, 0) is 66.1 Å². The largest absolute Gasteiger partial charge is 0.507 e. The van der Waals surface area contributed by atoms with Crippen LogP contribution in [-0.2, 0) is 21.8 Å². The molecule has 202 valence electrons. The lowest BCUT2D eigenvalue weighted by atomic mass is 9.95. The number of thioether (sulfide) groups is 1. The topological polar surface area (TPSA) is 106 Å². The summed E-state index contributed by atoms with van der Waals surface area (Å²) in [5, 5.41) is 21.2. The number of anilines is 1. The van der Waals surface area contributed by atoms with Crippen molar-refractivity contribution in [3.05, 3.63) is 98.8 Å². The predicted molar refractivity (Wildman–Crippen MR) is 155 cm³/mol. The Balaban J connectivity index is 1.36. The fourth-order valence-corrected chi connectivity index (χ4v) is 7.18. The molecule has 0 saturated carbocycles. The Morgan fingerprint density at radius 3 is 2.70 bits per heavy atom. The maximum absolute atomic E-state index is 13.4. The van der Waals surface area contributed by atoms with Crippen molar-refractivity contribution in [1.29, 1.82) is 0 Å². The van der Waals surface area contributed by atoms with Gasteiger partial charge < -0.3 is 9.84 Å².